The second-order valence-corrected chi connectivity index (χ2v) is 12.5. The Bertz CT molecular complexity index is 1840. The van der Waals surface area contributed by atoms with Crippen molar-refractivity contribution in [2.45, 2.75) is 43.6 Å². The molecule has 0 bridgehead atoms. The first-order chi connectivity index (χ1) is 21.9. The van der Waals surface area contributed by atoms with E-state index in [4.69, 9.17) is 11.1 Å². The van der Waals surface area contributed by atoms with Gasteiger partial charge in [-0.3, -0.25) is 19.8 Å². The van der Waals surface area contributed by atoms with E-state index in [1.54, 1.807) is 36.7 Å². The molecule has 3 heterocycles. The Labute approximate surface area is 265 Å². The number of fused-ring (bicyclic) bond motifs is 3. The summed E-state index contributed by atoms with van der Waals surface area (Å²) in [5, 5.41) is 14.6. The lowest BCUT2D eigenvalue weighted by Crippen LogP contribution is -2.49. The van der Waals surface area contributed by atoms with Gasteiger partial charge in [0.2, 0.25) is 11.8 Å². The maximum atomic E-state index is 16.2. The fourth-order valence-electron chi connectivity index (χ4n) is 6.04. The molecule has 6 rings (SSSR count). The van der Waals surface area contributed by atoms with Crippen molar-refractivity contribution in [3.8, 4) is 11.1 Å². The second-order valence-electron chi connectivity index (χ2n) is 11.6. The van der Waals surface area contributed by atoms with Crippen molar-refractivity contribution in [1.82, 2.24) is 25.1 Å². The zero-order valence-electron chi connectivity index (χ0n) is 24.6. The summed E-state index contributed by atoms with van der Waals surface area (Å²) in [6, 6.07) is 9.91. The van der Waals surface area contributed by atoms with Crippen molar-refractivity contribution >= 4 is 34.9 Å². The van der Waals surface area contributed by atoms with Gasteiger partial charge in [0.05, 0.1) is 32.0 Å². The fourth-order valence-corrected chi connectivity index (χ4v) is 6.95. The Hall–Kier alpha value is -4.98. The summed E-state index contributed by atoms with van der Waals surface area (Å²) in [5.41, 5.74) is 4.38. The van der Waals surface area contributed by atoms with Gasteiger partial charge in [-0.15, -0.1) is 11.3 Å². The number of likely N-dealkylation sites (tertiary alicyclic amines) is 1. The number of imidazole rings is 1. The van der Waals surface area contributed by atoms with Gasteiger partial charge in [-0.1, -0.05) is 30.3 Å². The number of nitrogens with one attached hydrogen (secondary N) is 3. The van der Waals surface area contributed by atoms with E-state index < -0.39 is 54.5 Å². The highest BCUT2D eigenvalue weighted by Crippen LogP contribution is 2.51. The number of nitrogens with zero attached hydrogens (tertiary/aromatic N) is 3. The van der Waals surface area contributed by atoms with Gasteiger partial charge < -0.3 is 25.8 Å². The molecule has 10 nitrogen and oxygen atoms in total. The van der Waals surface area contributed by atoms with Crippen LogP contribution in [0.4, 0.5) is 13.2 Å². The Morgan fingerprint density at radius 1 is 1.11 bits per heavy atom. The molecule has 2 aromatic heterocycles. The van der Waals surface area contributed by atoms with Gasteiger partial charge in [-0.2, -0.15) is 8.78 Å². The number of thiophene rings is 1. The molecular weight excluding hydrogens is 619 g/mol. The first-order valence-electron chi connectivity index (χ1n) is 14.4. The number of halogens is 3. The van der Waals surface area contributed by atoms with Crippen LogP contribution in [-0.2, 0) is 22.1 Å². The number of rotatable bonds is 9. The summed E-state index contributed by atoms with van der Waals surface area (Å²) in [6.07, 6.45) is 4.23. The minimum atomic E-state index is -3.20. The average Bonchev–Trinajstić information content (AvgIpc) is 3.83. The number of amides is 3. The number of nitrogen functional groups attached to an aromatic ring is 1. The van der Waals surface area contributed by atoms with E-state index in [1.165, 1.54) is 58.8 Å². The molecule has 46 heavy (non-hydrogen) atoms. The molecule has 4 aromatic rings. The molecule has 14 heteroatoms. The first-order valence-corrected chi connectivity index (χ1v) is 15.3. The van der Waals surface area contributed by atoms with Crippen LogP contribution in [0.2, 0.25) is 0 Å². The van der Waals surface area contributed by atoms with Crippen molar-refractivity contribution in [1.29, 1.82) is 5.41 Å². The number of benzene rings is 2. The van der Waals surface area contributed by atoms with Crippen molar-refractivity contribution in [2.24, 2.45) is 5.73 Å². The van der Waals surface area contributed by atoms with Crippen LogP contribution in [-0.4, -0.2) is 62.8 Å². The van der Waals surface area contributed by atoms with E-state index in [9.17, 15) is 23.2 Å². The van der Waals surface area contributed by atoms with E-state index in [0.717, 1.165) is 9.78 Å². The van der Waals surface area contributed by atoms with E-state index >= 15 is 4.39 Å². The fraction of sp³-hybridized carbons (Fsp3) is 0.281. The molecule has 3 atom stereocenters. The molecule has 0 unspecified atom stereocenters. The normalized spacial score (nSPS) is 20.1. The maximum Gasteiger partial charge on any atom is 0.299 e. The molecule has 0 radical (unpaired) electrons. The Kier molecular flexibility index (Phi) is 7.92. The van der Waals surface area contributed by atoms with Crippen LogP contribution in [0.5, 0.6) is 0 Å². The topological polar surface area (TPSA) is 146 Å². The average molecular weight is 650 g/mol. The van der Waals surface area contributed by atoms with E-state index in [1.807, 2.05) is 0 Å². The number of amidine groups is 1. The van der Waals surface area contributed by atoms with Crippen LogP contribution in [0.3, 0.4) is 0 Å². The number of hydrogen-bond donors (Lipinski definition) is 4. The van der Waals surface area contributed by atoms with Crippen LogP contribution >= 0.6 is 11.3 Å². The lowest BCUT2D eigenvalue weighted by atomic mass is 10.0. The third-order valence-corrected chi connectivity index (χ3v) is 9.44. The number of nitrogens with two attached hydrogens (primary N) is 1. The molecule has 3 amide bonds. The Morgan fingerprint density at radius 3 is 2.59 bits per heavy atom. The van der Waals surface area contributed by atoms with E-state index in [-0.39, 0.29) is 41.1 Å². The number of carbonyl (C=O) groups is 3. The summed E-state index contributed by atoms with van der Waals surface area (Å²) in [4.78, 5) is 45.8. The zero-order chi connectivity index (χ0) is 32.8. The van der Waals surface area contributed by atoms with Crippen LogP contribution in [0.1, 0.15) is 51.3 Å². The van der Waals surface area contributed by atoms with Crippen LogP contribution in [0.25, 0.3) is 11.1 Å². The summed E-state index contributed by atoms with van der Waals surface area (Å²) in [6.45, 7) is 0.644. The standard InChI is InChI=1S/C32H30F3N7O3S/c1-18(26-11-20(14-46-26)28(36)37)40-30(45)25-12-31(33,15-41-9-8-38-17-41)16-42(25)27(43)13-39-29(44)19-6-7-24-22(10-19)21-4-2-3-5-23(21)32(24,34)35/h2-11,14,17-18,25H,12-13,15-16H2,1H3,(H3,36,37)(H,39,44)(H,40,45)/t18-,25+,31+/m1/s1. The molecule has 1 fully saturated rings. The van der Waals surface area contributed by atoms with E-state index in [2.05, 4.69) is 15.6 Å². The van der Waals surface area contributed by atoms with Crippen LogP contribution in [0, 0.1) is 5.41 Å². The monoisotopic (exact) mass is 649 g/mol. The molecule has 1 aliphatic carbocycles. The van der Waals surface area contributed by atoms with Gasteiger partial charge in [0, 0.05) is 51.3 Å². The number of carbonyl (C=O) groups excluding carboxylic acids is 3. The summed E-state index contributed by atoms with van der Waals surface area (Å²) in [7, 11) is 0. The highest BCUT2D eigenvalue weighted by Gasteiger charge is 2.50. The van der Waals surface area contributed by atoms with Crippen LogP contribution in [0.15, 0.2) is 72.6 Å². The number of aromatic nitrogens is 2. The summed E-state index contributed by atoms with van der Waals surface area (Å²) < 4.78 is 47.6. The SMILES string of the molecule is C[C@@H](NC(=O)[C@@H]1C[C@](F)(Cn2ccnc2)CN1C(=O)CNC(=O)c1ccc2c(c1)-c1ccccc1C2(F)F)c1cc(C(=N)N)cs1. The summed E-state index contributed by atoms with van der Waals surface area (Å²) >= 11 is 1.30. The van der Waals surface area contributed by atoms with E-state index in [0.29, 0.717) is 11.1 Å². The molecule has 1 aliphatic heterocycles. The van der Waals surface area contributed by atoms with Crippen molar-refractivity contribution in [2.75, 3.05) is 13.1 Å². The minimum Gasteiger partial charge on any atom is -0.384 e. The molecule has 2 aromatic carbocycles. The van der Waals surface area contributed by atoms with Gasteiger partial charge in [-0.25, -0.2) is 9.37 Å². The second kappa shape index (κ2) is 11.7. The minimum absolute atomic E-state index is 0.0735. The molecule has 0 spiro atoms. The smallest absolute Gasteiger partial charge is 0.299 e. The predicted molar refractivity (Wildman–Crippen MR) is 165 cm³/mol. The highest BCUT2D eigenvalue weighted by molar-refractivity contribution is 7.10. The van der Waals surface area contributed by atoms with Gasteiger partial charge in [0.15, 0.2) is 0 Å². The Morgan fingerprint density at radius 2 is 1.87 bits per heavy atom. The van der Waals surface area contributed by atoms with Crippen molar-refractivity contribution in [3.05, 3.63) is 99.8 Å². The molecule has 0 saturated carbocycles. The van der Waals surface area contributed by atoms with Crippen LogP contribution < -0.4 is 16.4 Å². The third kappa shape index (κ3) is 5.75. The molecule has 2 aliphatic rings. The van der Waals surface area contributed by atoms with Gasteiger partial charge in [0.25, 0.3) is 11.8 Å². The maximum absolute atomic E-state index is 16.2. The van der Waals surface area contributed by atoms with Crippen molar-refractivity contribution in [3.63, 3.8) is 0 Å². The van der Waals surface area contributed by atoms with Gasteiger partial charge in [-0.05, 0) is 36.2 Å². The third-order valence-electron chi connectivity index (χ3n) is 8.33. The summed E-state index contributed by atoms with van der Waals surface area (Å²) in [5.74, 6) is -5.25. The lowest BCUT2D eigenvalue weighted by Gasteiger charge is -2.25. The quantitative estimate of drug-likeness (QED) is 0.160. The molecular formula is C32H30F3N7O3S. The first kappa shape index (κ1) is 31.0. The largest absolute Gasteiger partial charge is 0.384 e. The number of hydrogen-bond acceptors (Lipinski definition) is 6. The molecule has 238 valence electrons. The molecule has 1 saturated heterocycles. The Balaban J connectivity index is 1.17. The lowest BCUT2D eigenvalue weighted by molar-refractivity contribution is -0.138. The highest BCUT2D eigenvalue weighted by atomic mass is 32.1. The zero-order valence-corrected chi connectivity index (χ0v) is 25.4. The predicted octanol–water partition coefficient (Wildman–Crippen LogP) is 3.97. The van der Waals surface area contributed by atoms with Gasteiger partial charge >= 0.3 is 0 Å². The van der Waals surface area contributed by atoms with Gasteiger partial charge in [0.1, 0.15) is 17.5 Å². The van der Waals surface area contributed by atoms with Crippen molar-refractivity contribution < 1.29 is 27.6 Å². The number of alkyl halides is 3. The molecule has 5 N–H and O–H groups in total.